The van der Waals surface area contributed by atoms with Gasteiger partial charge in [0.05, 0.1) is 29.1 Å². The summed E-state index contributed by atoms with van der Waals surface area (Å²) in [5, 5.41) is 13.5. The summed E-state index contributed by atoms with van der Waals surface area (Å²) in [5.74, 6) is -0.292. The number of nitrogens with one attached hydrogen (secondary N) is 1. The molecule has 0 aliphatic rings. The molecule has 2 aromatic carbocycles. The molecule has 0 aliphatic heterocycles. The van der Waals surface area contributed by atoms with E-state index in [-0.39, 0.29) is 18.1 Å². The summed E-state index contributed by atoms with van der Waals surface area (Å²) >= 11 is 6.06. The predicted molar refractivity (Wildman–Crippen MR) is 111 cm³/mol. The zero-order chi connectivity index (χ0) is 21.4. The van der Waals surface area contributed by atoms with Crippen LogP contribution in [-0.4, -0.2) is 55.4 Å². The summed E-state index contributed by atoms with van der Waals surface area (Å²) in [4.78, 5) is 24.2. The highest BCUT2D eigenvalue weighted by Crippen LogP contribution is 2.28. The van der Waals surface area contributed by atoms with Crippen molar-refractivity contribution in [1.29, 1.82) is 0 Å². The molecule has 0 aliphatic carbocycles. The van der Waals surface area contributed by atoms with E-state index >= 15 is 0 Å². The second-order valence-corrected chi connectivity index (χ2v) is 6.49. The largest absolute Gasteiger partial charge is 0.490 e. The lowest BCUT2D eigenvalue weighted by Crippen LogP contribution is -2.27. The fraction of sp³-hybridized carbons (Fsp3) is 0.250. The molecule has 29 heavy (non-hydrogen) atoms. The number of carboxylic acid groups (broad SMARTS) is 1. The summed E-state index contributed by atoms with van der Waals surface area (Å²) in [6.07, 6.45) is 1.53. The predicted octanol–water partition coefficient (Wildman–Crippen LogP) is 3.35. The van der Waals surface area contributed by atoms with Crippen LogP contribution in [0.2, 0.25) is 5.02 Å². The van der Waals surface area contributed by atoms with Crippen LogP contribution >= 0.6 is 11.6 Å². The molecule has 2 aromatic rings. The van der Waals surface area contributed by atoms with Crippen LogP contribution < -0.4 is 14.9 Å². The summed E-state index contributed by atoms with van der Waals surface area (Å²) in [7, 11) is 3.31. The topological polar surface area (TPSA) is 100 Å². The molecule has 0 bridgehead atoms. The zero-order valence-electron chi connectivity index (χ0n) is 16.3. The number of carbonyl (C=O) groups is 2. The van der Waals surface area contributed by atoms with E-state index in [0.717, 1.165) is 0 Å². The number of benzene rings is 2. The van der Waals surface area contributed by atoms with Gasteiger partial charge in [-0.3, -0.25) is 10.2 Å². The van der Waals surface area contributed by atoms with Gasteiger partial charge in [0.25, 0.3) is 5.91 Å². The highest BCUT2D eigenvalue weighted by atomic mass is 35.5. The summed E-state index contributed by atoms with van der Waals surface area (Å²) in [6.45, 7) is 2.17. The number of hydrogen-bond donors (Lipinski definition) is 2. The molecule has 0 saturated heterocycles. The number of amides is 1. The fourth-order valence-corrected chi connectivity index (χ4v) is 2.34. The minimum Gasteiger partial charge on any atom is -0.490 e. The molecule has 0 unspecified atom stereocenters. The van der Waals surface area contributed by atoms with Crippen molar-refractivity contribution >= 4 is 35.4 Å². The quantitative estimate of drug-likeness (QED) is 0.477. The normalized spacial score (nSPS) is 10.6. The number of hydrazone groups is 1. The van der Waals surface area contributed by atoms with Crippen molar-refractivity contribution in [3.8, 4) is 11.5 Å². The van der Waals surface area contributed by atoms with E-state index in [1.807, 2.05) is 6.92 Å². The lowest BCUT2D eigenvalue weighted by molar-refractivity contribution is -0.130. The van der Waals surface area contributed by atoms with Crippen molar-refractivity contribution in [1.82, 2.24) is 4.90 Å². The molecule has 8 nitrogen and oxygen atoms in total. The van der Waals surface area contributed by atoms with Gasteiger partial charge >= 0.3 is 5.97 Å². The molecule has 2 N–H and O–H groups in total. The minimum absolute atomic E-state index is 0.0967. The van der Waals surface area contributed by atoms with Gasteiger partial charge < -0.3 is 19.5 Å². The van der Waals surface area contributed by atoms with Crippen LogP contribution in [0, 0.1) is 0 Å². The standard InChI is InChI=1S/C20H22ClN3O5/c1-4-28-18-9-13(5-8-17(18)29-12-19(25)24(2)3)11-22-23-16-10-14(20(26)27)6-7-15(16)21/h5-11,23H,4,12H2,1-3H3,(H,26,27)/b22-11-. The maximum atomic E-state index is 11.7. The number of halogens is 1. The Balaban J connectivity index is 2.12. The average molecular weight is 420 g/mol. The van der Waals surface area contributed by atoms with Crippen LogP contribution in [0.1, 0.15) is 22.8 Å². The van der Waals surface area contributed by atoms with E-state index in [1.165, 1.54) is 29.3 Å². The third-order valence-electron chi connectivity index (χ3n) is 3.73. The van der Waals surface area contributed by atoms with Gasteiger partial charge in [-0.1, -0.05) is 11.6 Å². The van der Waals surface area contributed by atoms with Crippen LogP contribution in [0.15, 0.2) is 41.5 Å². The molecule has 0 fully saturated rings. The van der Waals surface area contributed by atoms with Gasteiger partial charge in [0.2, 0.25) is 0 Å². The Bertz CT molecular complexity index is 915. The highest BCUT2D eigenvalue weighted by molar-refractivity contribution is 6.33. The number of nitrogens with zero attached hydrogens (tertiary/aromatic N) is 2. The number of anilines is 1. The Labute approximate surface area is 173 Å². The zero-order valence-corrected chi connectivity index (χ0v) is 17.1. The minimum atomic E-state index is -1.06. The van der Waals surface area contributed by atoms with E-state index < -0.39 is 5.97 Å². The monoisotopic (exact) mass is 419 g/mol. The molecular formula is C20H22ClN3O5. The van der Waals surface area contributed by atoms with Crippen LogP contribution in [0.3, 0.4) is 0 Å². The van der Waals surface area contributed by atoms with Gasteiger partial charge in [-0.2, -0.15) is 5.10 Å². The molecular weight excluding hydrogens is 398 g/mol. The molecule has 154 valence electrons. The van der Waals surface area contributed by atoms with Gasteiger partial charge in [-0.25, -0.2) is 4.79 Å². The number of carboxylic acids is 1. The van der Waals surface area contributed by atoms with Gasteiger partial charge in [0.1, 0.15) is 0 Å². The van der Waals surface area contributed by atoms with E-state index in [4.69, 9.17) is 26.2 Å². The molecule has 0 heterocycles. The second kappa shape index (κ2) is 10.3. The van der Waals surface area contributed by atoms with Crippen molar-refractivity contribution < 1.29 is 24.2 Å². The number of hydrogen-bond acceptors (Lipinski definition) is 6. The smallest absolute Gasteiger partial charge is 0.335 e. The summed E-state index contributed by atoms with van der Waals surface area (Å²) < 4.78 is 11.1. The van der Waals surface area contributed by atoms with Crippen LogP contribution in [-0.2, 0) is 4.79 Å². The molecule has 0 radical (unpaired) electrons. The van der Waals surface area contributed by atoms with Crippen molar-refractivity contribution in [3.05, 3.63) is 52.5 Å². The average Bonchev–Trinajstić information content (AvgIpc) is 2.68. The van der Waals surface area contributed by atoms with E-state index in [1.54, 1.807) is 32.3 Å². The molecule has 9 heteroatoms. The molecule has 1 amide bonds. The van der Waals surface area contributed by atoms with Crippen molar-refractivity contribution in [2.45, 2.75) is 6.92 Å². The first-order valence-electron chi connectivity index (χ1n) is 8.73. The van der Waals surface area contributed by atoms with Crippen LogP contribution in [0.25, 0.3) is 0 Å². The van der Waals surface area contributed by atoms with Crippen LogP contribution in [0.5, 0.6) is 11.5 Å². The van der Waals surface area contributed by atoms with Crippen molar-refractivity contribution in [3.63, 3.8) is 0 Å². The first-order chi connectivity index (χ1) is 13.8. The second-order valence-electron chi connectivity index (χ2n) is 6.09. The Kier molecular flexibility index (Phi) is 7.85. The Morgan fingerprint density at radius 1 is 1.17 bits per heavy atom. The SMILES string of the molecule is CCOc1cc(/C=N\Nc2cc(C(=O)O)ccc2Cl)ccc1OCC(=O)N(C)C. The number of aromatic carboxylic acids is 1. The Morgan fingerprint density at radius 3 is 2.59 bits per heavy atom. The van der Waals surface area contributed by atoms with Crippen molar-refractivity contribution in [2.75, 3.05) is 32.7 Å². The number of rotatable bonds is 9. The molecule has 0 spiro atoms. The Hall–Kier alpha value is -3.26. The Morgan fingerprint density at radius 2 is 1.93 bits per heavy atom. The number of carbonyl (C=O) groups excluding carboxylic acids is 1. The fourth-order valence-electron chi connectivity index (χ4n) is 2.18. The molecule has 2 rings (SSSR count). The molecule has 0 saturated carbocycles. The summed E-state index contributed by atoms with van der Waals surface area (Å²) in [6, 6.07) is 9.45. The van der Waals surface area contributed by atoms with E-state index in [9.17, 15) is 9.59 Å². The third-order valence-corrected chi connectivity index (χ3v) is 4.06. The van der Waals surface area contributed by atoms with Crippen LogP contribution in [0.4, 0.5) is 5.69 Å². The summed E-state index contributed by atoms with van der Waals surface area (Å²) in [5.41, 5.74) is 3.90. The third kappa shape index (κ3) is 6.39. The lowest BCUT2D eigenvalue weighted by Gasteiger charge is -2.14. The van der Waals surface area contributed by atoms with E-state index in [2.05, 4.69) is 10.5 Å². The van der Waals surface area contributed by atoms with Gasteiger partial charge in [0.15, 0.2) is 18.1 Å². The number of likely N-dealkylation sites (N-methyl/N-ethyl adjacent to an activating group) is 1. The first-order valence-corrected chi connectivity index (χ1v) is 9.11. The lowest BCUT2D eigenvalue weighted by atomic mass is 10.2. The molecule has 0 aromatic heterocycles. The van der Waals surface area contributed by atoms with E-state index in [0.29, 0.717) is 34.4 Å². The molecule has 0 atom stereocenters. The van der Waals surface area contributed by atoms with Gasteiger partial charge in [-0.05, 0) is 48.9 Å². The maximum absolute atomic E-state index is 11.7. The van der Waals surface area contributed by atoms with Crippen molar-refractivity contribution in [2.24, 2.45) is 5.10 Å². The number of ether oxygens (including phenoxy) is 2. The first kappa shape index (κ1) is 22.0. The van der Waals surface area contributed by atoms with Gasteiger partial charge in [0, 0.05) is 14.1 Å². The highest BCUT2D eigenvalue weighted by Gasteiger charge is 2.10. The van der Waals surface area contributed by atoms with Gasteiger partial charge in [-0.15, -0.1) is 0 Å². The maximum Gasteiger partial charge on any atom is 0.335 e.